The number of carbonyl (C=O) groups is 2. The van der Waals surface area contributed by atoms with Gasteiger partial charge in [0.15, 0.2) is 17.3 Å². The van der Waals surface area contributed by atoms with Crippen LogP contribution in [0.2, 0.25) is 0 Å². The lowest BCUT2D eigenvalue weighted by Crippen LogP contribution is -2.17. The van der Waals surface area contributed by atoms with Crippen molar-refractivity contribution < 1.29 is 27.5 Å². The summed E-state index contributed by atoms with van der Waals surface area (Å²) in [5, 5.41) is 2.73. The number of ketones is 1. The molecule has 0 spiro atoms. The van der Waals surface area contributed by atoms with Crippen molar-refractivity contribution in [1.29, 1.82) is 0 Å². The number of hydrogen-bond donors (Lipinski definition) is 2. The number of carbonyl (C=O) groups excluding carboxylic acids is 2. The molecule has 0 saturated heterocycles. The first kappa shape index (κ1) is 24.3. The largest absolute Gasteiger partial charge is 0.486 e. The number of sulfonamides is 1. The molecule has 35 heavy (non-hydrogen) atoms. The lowest BCUT2D eigenvalue weighted by atomic mass is 10.0. The third kappa shape index (κ3) is 5.99. The Bertz CT molecular complexity index is 1370. The first-order chi connectivity index (χ1) is 16.7. The highest BCUT2D eigenvalue weighted by Crippen LogP contribution is 2.32. The maximum atomic E-state index is 12.7. The molecule has 1 heterocycles. The van der Waals surface area contributed by atoms with Gasteiger partial charge >= 0.3 is 0 Å². The van der Waals surface area contributed by atoms with Crippen LogP contribution in [0.25, 0.3) is 0 Å². The van der Waals surface area contributed by atoms with E-state index < -0.39 is 10.0 Å². The molecule has 0 radical (unpaired) electrons. The summed E-state index contributed by atoms with van der Waals surface area (Å²) in [5.41, 5.74) is 3.57. The zero-order valence-corrected chi connectivity index (χ0v) is 20.3. The average molecular weight is 495 g/mol. The van der Waals surface area contributed by atoms with Crippen LogP contribution in [0.1, 0.15) is 34.3 Å². The van der Waals surface area contributed by atoms with Gasteiger partial charge in [0.25, 0.3) is 10.0 Å². The van der Waals surface area contributed by atoms with Crippen molar-refractivity contribution in [3.8, 4) is 11.5 Å². The molecule has 0 atom stereocenters. The van der Waals surface area contributed by atoms with Gasteiger partial charge in [-0.25, -0.2) is 8.42 Å². The number of anilines is 2. The van der Waals surface area contributed by atoms with Gasteiger partial charge in [-0.2, -0.15) is 0 Å². The number of hydrogen-bond acceptors (Lipinski definition) is 6. The molecule has 182 valence electrons. The van der Waals surface area contributed by atoms with Gasteiger partial charge in [0.05, 0.1) is 4.90 Å². The van der Waals surface area contributed by atoms with Crippen LogP contribution >= 0.6 is 0 Å². The topological polar surface area (TPSA) is 111 Å². The van der Waals surface area contributed by atoms with E-state index in [0.717, 1.165) is 11.1 Å². The lowest BCUT2D eigenvalue weighted by molar-refractivity contribution is -0.116. The average Bonchev–Trinajstić information content (AvgIpc) is 2.85. The highest BCUT2D eigenvalue weighted by Gasteiger charge is 2.19. The predicted octanol–water partition coefficient (Wildman–Crippen LogP) is 4.48. The Hall–Kier alpha value is -3.85. The molecule has 9 heteroatoms. The Kier molecular flexibility index (Phi) is 7.07. The smallest absolute Gasteiger partial charge is 0.262 e. The van der Waals surface area contributed by atoms with Gasteiger partial charge in [-0.15, -0.1) is 0 Å². The number of rotatable bonds is 8. The van der Waals surface area contributed by atoms with Crippen LogP contribution in [0.4, 0.5) is 11.4 Å². The van der Waals surface area contributed by atoms with Crippen molar-refractivity contribution >= 4 is 33.1 Å². The summed E-state index contributed by atoms with van der Waals surface area (Å²) in [6.07, 6.45) is 0.145. The standard InChI is InChI=1S/C26H26N2O6S/c1-17-3-4-19(15-18(17)2)23(29)10-12-26(30)27-20-5-7-21(8-6-20)28-35(31,32)22-9-11-24-25(16-22)34-14-13-33-24/h3-9,11,15-16,28H,10,12-14H2,1-2H3,(H,27,30). The molecule has 1 aliphatic rings. The van der Waals surface area contributed by atoms with Gasteiger partial charge < -0.3 is 14.8 Å². The fourth-order valence-corrected chi connectivity index (χ4v) is 4.61. The maximum absolute atomic E-state index is 12.7. The van der Waals surface area contributed by atoms with E-state index in [4.69, 9.17) is 9.47 Å². The summed E-state index contributed by atoms with van der Waals surface area (Å²) in [6, 6.07) is 16.2. The molecule has 0 bridgehead atoms. The van der Waals surface area contributed by atoms with Crippen molar-refractivity contribution in [3.63, 3.8) is 0 Å². The van der Waals surface area contributed by atoms with Gasteiger partial charge in [-0.3, -0.25) is 14.3 Å². The number of fused-ring (bicyclic) bond motifs is 1. The third-order valence-corrected chi connectivity index (χ3v) is 7.03. The summed E-state index contributed by atoms with van der Waals surface area (Å²) in [7, 11) is -3.84. The van der Waals surface area contributed by atoms with Crippen LogP contribution in [-0.4, -0.2) is 33.3 Å². The van der Waals surface area contributed by atoms with Gasteiger partial charge in [-0.05, 0) is 67.4 Å². The van der Waals surface area contributed by atoms with Crippen LogP contribution in [0.3, 0.4) is 0 Å². The Labute approximate surface area is 204 Å². The van der Waals surface area contributed by atoms with Crippen molar-refractivity contribution in [2.75, 3.05) is 23.3 Å². The van der Waals surface area contributed by atoms with E-state index in [2.05, 4.69) is 10.0 Å². The fraction of sp³-hybridized carbons (Fsp3) is 0.231. The first-order valence-electron chi connectivity index (χ1n) is 11.1. The molecule has 0 unspecified atom stereocenters. The first-order valence-corrected chi connectivity index (χ1v) is 12.6. The molecule has 1 aliphatic heterocycles. The van der Waals surface area contributed by atoms with Crippen LogP contribution in [0.15, 0.2) is 65.6 Å². The molecule has 1 amide bonds. The number of nitrogens with one attached hydrogen (secondary N) is 2. The highest BCUT2D eigenvalue weighted by atomic mass is 32.2. The number of aryl methyl sites for hydroxylation is 2. The molecule has 2 N–H and O–H groups in total. The van der Waals surface area contributed by atoms with E-state index in [9.17, 15) is 18.0 Å². The number of benzene rings is 3. The normalized spacial score (nSPS) is 12.6. The molecule has 0 aliphatic carbocycles. The second kappa shape index (κ2) is 10.2. The second-order valence-electron chi connectivity index (χ2n) is 8.26. The fourth-order valence-electron chi connectivity index (χ4n) is 3.54. The molecule has 3 aromatic carbocycles. The van der Waals surface area contributed by atoms with Crippen molar-refractivity contribution in [2.24, 2.45) is 0 Å². The minimum Gasteiger partial charge on any atom is -0.486 e. The zero-order valence-electron chi connectivity index (χ0n) is 19.5. The second-order valence-corrected chi connectivity index (χ2v) is 9.94. The van der Waals surface area contributed by atoms with Crippen LogP contribution < -0.4 is 19.5 Å². The summed E-state index contributed by atoms with van der Waals surface area (Å²) in [6.45, 7) is 4.70. The van der Waals surface area contributed by atoms with Gasteiger partial charge in [-0.1, -0.05) is 12.1 Å². The summed E-state index contributed by atoms with van der Waals surface area (Å²) in [4.78, 5) is 24.7. The number of Topliss-reactive ketones (excluding diaryl/α,β-unsaturated/α-hetero) is 1. The van der Waals surface area contributed by atoms with Crippen molar-refractivity contribution in [1.82, 2.24) is 0 Å². The van der Waals surface area contributed by atoms with Crippen molar-refractivity contribution in [3.05, 3.63) is 77.4 Å². The molecule has 0 saturated carbocycles. The minimum atomic E-state index is -3.84. The number of amides is 1. The number of ether oxygens (including phenoxy) is 2. The molecule has 0 aromatic heterocycles. The van der Waals surface area contributed by atoms with E-state index in [1.165, 1.54) is 12.1 Å². The zero-order chi connectivity index (χ0) is 25.0. The summed E-state index contributed by atoms with van der Waals surface area (Å²) in [5.74, 6) is 0.498. The Balaban J connectivity index is 1.32. The van der Waals surface area contributed by atoms with E-state index >= 15 is 0 Å². The van der Waals surface area contributed by atoms with Crippen molar-refractivity contribution in [2.45, 2.75) is 31.6 Å². The van der Waals surface area contributed by atoms with E-state index in [-0.39, 0.29) is 29.4 Å². The quantitative estimate of drug-likeness (QED) is 0.447. The molecule has 0 fully saturated rings. The molecular weight excluding hydrogens is 468 g/mol. The lowest BCUT2D eigenvalue weighted by Gasteiger charge is -2.19. The minimum absolute atomic E-state index is 0.0459. The predicted molar refractivity (Wildman–Crippen MR) is 133 cm³/mol. The third-order valence-electron chi connectivity index (χ3n) is 5.65. The van der Waals surface area contributed by atoms with Gasteiger partial charge in [0.1, 0.15) is 13.2 Å². The monoisotopic (exact) mass is 494 g/mol. The summed E-state index contributed by atoms with van der Waals surface area (Å²) < 4.78 is 38.9. The Morgan fingerprint density at radius 2 is 1.49 bits per heavy atom. The molecule has 3 aromatic rings. The van der Waals surface area contributed by atoms with Gasteiger partial charge in [0.2, 0.25) is 5.91 Å². The Morgan fingerprint density at radius 3 is 2.20 bits per heavy atom. The van der Waals surface area contributed by atoms with Crippen LogP contribution in [-0.2, 0) is 14.8 Å². The molecular formula is C26H26N2O6S. The summed E-state index contributed by atoms with van der Waals surface area (Å²) >= 11 is 0. The molecule has 4 rings (SSSR count). The van der Waals surface area contributed by atoms with E-state index in [1.807, 2.05) is 26.0 Å². The molecule has 8 nitrogen and oxygen atoms in total. The van der Waals surface area contributed by atoms with E-state index in [1.54, 1.807) is 36.4 Å². The highest BCUT2D eigenvalue weighted by molar-refractivity contribution is 7.92. The maximum Gasteiger partial charge on any atom is 0.262 e. The van der Waals surface area contributed by atoms with Gasteiger partial charge in [0, 0.05) is 35.8 Å². The van der Waals surface area contributed by atoms with Crippen LogP contribution in [0.5, 0.6) is 11.5 Å². The Morgan fingerprint density at radius 1 is 0.800 bits per heavy atom. The van der Waals surface area contributed by atoms with Crippen LogP contribution in [0, 0.1) is 13.8 Å². The SMILES string of the molecule is Cc1ccc(C(=O)CCC(=O)Nc2ccc(NS(=O)(=O)c3ccc4c(c3)OCCO4)cc2)cc1C. The van der Waals surface area contributed by atoms with E-state index in [0.29, 0.717) is 41.7 Å².